The van der Waals surface area contributed by atoms with Crippen molar-refractivity contribution < 1.29 is 37.0 Å². The second-order valence-corrected chi connectivity index (χ2v) is 6.90. The van der Waals surface area contributed by atoms with Gasteiger partial charge in [-0.05, 0) is 0 Å². The Bertz CT molecular complexity index is 1020. The molecule has 0 fully saturated rings. The number of aromatic nitrogens is 4. The molecule has 0 aliphatic heterocycles. The predicted molar refractivity (Wildman–Crippen MR) is 95.7 cm³/mol. The summed E-state index contributed by atoms with van der Waals surface area (Å²) < 4.78 is 46.5. The fourth-order valence-corrected chi connectivity index (χ4v) is 3.39. The molecule has 0 saturated heterocycles. The average Bonchev–Trinajstić information content (AvgIpc) is 2.94. The van der Waals surface area contributed by atoms with Crippen LogP contribution in [0.25, 0.3) is 0 Å². The van der Waals surface area contributed by atoms with Gasteiger partial charge in [-0.1, -0.05) is 11.6 Å². The van der Waals surface area contributed by atoms with Crippen molar-refractivity contribution in [1.82, 2.24) is 24.5 Å². The standard InChI is InChI=1S/C13H15ClN6O8S/c1-20-10(8(9(14)18-20)28-13(22)27-4)29(23,24)19-12(21)17-11-15-6(25-2)5-7(16-11)26-3/h5H,1-4H3,(H2,15,16,17,19,21). The number of aryl methyl sites for hydroxylation is 1. The smallest absolute Gasteiger partial charge is 0.481 e. The zero-order valence-corrected chi connectivity index (χ0v) is 17.0. The monoisotopic (exact) mass is 450 g/mol. The van der Waals surface area contributed by atoms with Gasteiger partial charge in [0, 0.05) is 7.05 Å². The number of anilines is 1. The summed E-state index contributed by atoms with van der Waals surface area (Å²) in [6, 6.07) is 0.107. The van der Waals surface area contributed by atoms with Gasteiger partial charge in [-0.2, -0.15) is 23.5 Å². The highest BCUT2D eigenvalue weighted by molar-refractivity contribution is 7.90. The number of amides is 2. The topological polar surface area (TPSA) is 173 Å². The van der Waals surface area contributed by atoms with Crippen molar-refractivity contribution in [2.24, 2.45) is 7.05 Å². The molecule has 0 atom stereocenters. The van der Waals surface area contributed by atoms with Gasteiger partial charge in [0.2, 0.25) is 28.5 Å². The van der Waals surface area contributed by atoms with Gasteiger partial charge in [0.15, 0.2) is 5.15 Å². The van der Waals surface area contributed by atoms with E-state index in [9.17, 15) is 18.0 Å². The highest BCUT2D eigenvalue weighted by Crippen LogP contribution is 2.31. The van der Waals surface area contributed by atoms with Crippen LogP contribution < -0.4 is 24.2 Å². The number of methoxy groups -OCH3 is 3. The van der Waals surface area contributed by atoms with Crippen LogP contribution in [0.1, 0.15) is 0 Å². The van der Waals surface area contributed by atoms with E-state index >= 15 is 0 Å². The molecule has 14 nitrogen and oxygen atoms in total. The Morgan fingerprint density at radius 2 is 1.72 bits per heavy atom. The molecule has 2 rings (SSSR count). The quantitative estimate of drug-likeness (QED) is 0.587. The Balaban J connectivity index is 2.28. The minimum Gasteiger partial charge on any atom is -0.481 e. The summed E-state index contributed by atoms with van der Waals surface area (Å²) in [5.74, 6) is -0.812. The largest absolute Gasteiger partial charge is 0.513 e. The SMILES string of the molecule is COC(=O)Oc1c(Cl)nn(C)c1S(=O)(=O)NC(=O)Nc1nc(OC)cc(OC)n1. The fraction of sp³-hybridized carbons (Fsp3) is 0.308. The van der Waals surface area contributed by atoms with Crippen LogP contribution in [0.2, 0.25) is 5.15 Å². The molecule has 2 aromatic rings. The van der Waals surface area contributed by atoms with Crippen molar-refractivity contribution in [3.8, 4) is 17.5 Å². The number of hydrogen-bond donors (Lipinski definition) is 2. The third kappa shape index (κ3) is 5.14. The maximum atomic E-state index is 12.6. The van der Waals surface area contributed by atoms with E-state index in [1.165, 1.54) is 27.3 Å². The molecule has 2 heterocycles. The molecular formula is C13H15ClN6O8S. The number of carbonyl (C=O) groups excluding carboxylic acids is 2. The summed E-state index contributed by atoms with van der Waals surface area (Å²) in [4.78, 5) is 31.1. The van der Waals surface area contributed by atoms with Gasteiger partial charge >= 0.3 is 12.2 Å². The molecule has 29 heavy (non-hydrogen) atoms. The summed E-state index contributed by atoms with van der Waals surface area (Å²) >= 11 is 5.79. The molecule has 2 N–H and O–H groups in total. The molecule has 2 aromatic heterocycles. The third-order valence-electron chi connectivity index (χ3n) is 3.07. The lowest BCUT2D eigenvalue weighted by molar-refractivity contribution is 0.120. The predicted octanol–water partition coefficient (Wildman–Crippen LogP) is 0.536. The normalized spacial score (nSPS) is 10.8. The second-order valence-electron chi connectivity index (χ2n) is 4.94. The molecule has 0 radical (unpaired) electrons. The molecule has 158 valence electrons. The molecule has 16 heteroatoms. The number of sulfonamides is 1. The molecule has 0 aromatic carbocycles. The Labute approximate surface area is 169 Å². The van der Waals surface area contributed by atoms with Crippen LogP contribution >= 0.6 is 11.6 Å². The summed E-state index contributed by atoms with van der Waals surface area (Å²) in [5, 5.41) is 4.60. The van der Waals surface area contributed by atoms with E-state index in [1.54, 1.807) is 4.72 Å². The molecule has 0 aliphatic rings. The van der Waals surface area contributed by atoms with Crippen molar-refractivity contribution in [3.05, 3.63) is 11.2 Å². The lowest BCUT2D eigenvalue weighted by Gasteiger charge is -2.10. The lowest BCUT2D eigenvalue weighted by atomic mass is 10.6. The zero-order chi connectivity index (χ0) is 21.8. The number of nitrogens with zero attached hydrogens (tertiary/aromatic N) is 4. The molecule has 2 amide bonds. The van der Waals surface area contributed by atoms with Crippen molar-refractivity contribution in [2.75, 3.05) is 26.6 Å². The number of nitrogens with one attached hydrogen (secondary N) is 2. The van der Waals surface area contributed by atoms with Gasteiger partial charge < -0.3 is 18.9 Å². The molecule has 0 bridgehead atoms. The van der Waals surface area contributed by atoms with Gasteiger partial charge in [-0.25, -0.2) is 14.3 Å². The van der Waals surface area contributed by atoms with Gasteiger partial charge in [-0.3, -0.25) is 10.00 Å². The van der Waals surface area contributed by atoms with E-state index in [0.29, 0.717) is 0 Å². The van der Waals surface area contributed by atoms with E-state index < -0.39 is 38.1 Å². The number of ether oxygens (including phenoxy) is 4. The van der Waals surface area contributed by atoms with Gasteiger partial charge in [-0.15, -0.1) is 0 Å². The number of carbonyl (C=O) groups is 2. The number of rotatable bonds is 6. The minimum absolute atomic E-state index is 0.0576. The Hall–Kier alpha value is -3.33. The van der Waals surface area contributed by atoms with Crippen LogP contribution in [-0.4, -0.2) is 61.7 Å². The van der Waals surface area contributed by atoms with Crippen molar-refractivity contribution >= 4 is 39.8 Å². The van der Waals surface area contributed by atoms with Crippen molar-refractivity contribution in [3.63, 3.8) is 0 Å². The third-order valence-corrected chi connectivity index (χ3v) is 4.73. The number of hydrogen-bond acceptors (Lipinski definition) is 11. The van der Waals surface area contributed by atoms with Gasteiger partial charge in [0.05, 0.1) is 27.4 Å². The van der Waals surface area contributed by atoms with E-state index in [1.807, 2.05) is 0 Å². The Morgan fingerprint density at radius 1 is 1.14 bits per heavy atom. The van der Waals surface area contributed by atoms with E-state index in [0.717, 1.165) is 11.8 Å². The first-order valence-electron chi connectivity index (χ1n) is 7.40. The van der Waals surface area contributed by atoms with Crippen molar-refractivity contribution in [2.45, 2.75) is 5.03 Å². The van der Waals surface area contributed by atoms with Gasteiger partial charge in [0.25, 0.3) is 10.0 Å². The van der Waals surface area contributed by atoms with Crippen LogP contribution in [0.15, 0.2) is 11.1 Å². The fourth-order valence-electron chi connectivity index (χ4n) is 1.93. The lowest BCUT2D eigenvalue weighted by Crippen LogP contribution is -2.36. The number of halogens is 1. The first-order valence-corrected chi connectivity index (χ1v) is 9.26. The Kier molecular flexibility index (Phi) is 6.65. The highest BCUT2D eigenvalue weighted by Gasteiger charge is 2.32. The Morgan fingerprint density at radius 3 is 2.24 bits per heavy atom. The van der Waals surface area contributed by atoms with Crippen LogP contribution in [0.4, 0.5) is 15.5 Å². The maximum absolute atomic E-state index is 12.6. The van der Waals surface area contributed by atoms with E-state index in [2.05, 4.69) is 25.1 Å². The summed E-state index contributed by atoms with van der Waals surface area (Å²) in [5.41, 5.74) is 0. The van der Waals surface area contributed by atoms with Crippen LogP contribution in [0, 0.1) is 0 Å². The van der Waals surface area contributed by atoms with Crippen LogP contribution in [0.3, 0.4) is 0 Å². The number of urea groups is 1. The second kappa shape index (κ2) is 8.78. The highest BCUT2D eigenvalue weighted by atomic mass is 35.5. The molecule has 0 spiro atoms. The minimum atomic E-state index is -4.60. The van der Waals surface area contributed by atoms with E-state index in [-0.39, 0.29) is 17.7 Å². The average molecular weight is 451 g/mol. The molecular weight excluding hydrogens is 436 g/mol. The van der Waals surface area contributed by atoms with Crippen LogP contribution in [-0.2, 0) is 21.8 Å². The van der Waals surface area contributed by atoms with Crippen molar-refractivity contribution in [1.29, 1.82) is 0 Å². The first-order chi connectivity index (χ1) is 13.6. The summed E-state index contributed by atoms with van der Waals surface area (Å²) in [6.45, 7) is 0. The van der Waals surface area contributed by atoms with Gasteiger partial charge in [0.1, 0.15) is 0 Å². The van der Waals surface area contributed by atoms with E-state index in [4.69, 9.17) is 25.8 Å². The summed E-state index contributed by atoms with van der Waals surface area (Å²) in [7, 11) is 0.262. The first kappa shape index (κ1) is 22.0. The van der Waals surface area contributed by atoms with Crippen LogP contribution in [0.5, 0.6) is 17.5 Å². The summed E-state index contributed by atoms with van der Waals surface area (Å²) in [6.07, 6.45) is -1.24. The molecule has 0 aliphatic carbocycles. The molecule has 0 unspecified atom stereocenters. The zero-order valence-electron chi connectivity index (χ0n) is 15.4. The maximum Gasteiger partial charge on any atom is 0.513 e. The molecule has 0 saturated carbocycles.